The molecule has 1 N–H and O–H groups in total. The van der Waals surface area contributed by atoms with Crippen LogP contribution in [0.4, 0.5) is 8.78 Å². The lowest BCUT2D eigenvalue weighted by Gasteiger charge is -2.08. The van der Waals surface area contributed by atoms with Crippen molar-refractivity contribution in [3.63, 3.8) is 0 Å². The summed E-state index contributed by atoms with van der Waals surface area (Å²) in [4.78, 5) is 3.78. The van der Waals surface area contributed by atoms with Gasteiger partial charge in [0, 0.05) is 6.08 Å². The fourth-order valence-corrected chi connectivity index (χ4v) is 1.26. The molecule has 0 aromatic heterocycles. The van der Waals surface area contributed by atoms with E-state index >= 15 is 0 Å². The van der Waals surface area contributed by atoms with Crippen molar-refractivity contribution in [2.75, 3.05) is 0 Å². The minimum Gasteiger partial charge on any atom is -0.329 e. The summed E-state index contributed by atoms with van der Waals surface area (Å²) in [6.07, 6.45) is 0.493. The Bertz CT molecular complexity index is 343. The molecule has 0 aromatic rings. The minimum atomic E-state index is -1.67. The number of hydrogen-bond donors (Lipinski definition) is 1. The number of allylic oxidation sites excluding steroid dienone is 3. The van der Waals surface area contributed by atoms with Crippen molar-refractivity contribution in [2.24, 2.45) is 4.99 Å². The average molecular weight is 186 g/mol. The molecule has 0 amide bonds. The van der Waals surface area contributed by atoms with E-state index in [4.69, 9.17) is 12.2 Å². The first-order valence-corrected chi connectivity index (χ1v) is 3.70. The van der Waals surface area contributed by atoms with Gasteiger partial charge in [-0.1, -0.05) is 0 Å². The number of rotatable bonds is 0. The van der Waals surface area contributed by atoms with Crippen molar-refractivity contribution >= 4 is 23.0 Å². The summed E-state index contributed by atoms with van der Waals surface area (Å²) in [5, 5.41) is 2.89. The first-order chi connectivity index (χ1) is 5.66. The average Bonchev–Trinajstić information content (AvgIpc) is 2.30. The van der Waals surface area contributed by atoms with Crippen LogP contribution >= 0.6 is 12.2 Å². The molecule has 1 aliphatic carbocycles. The maximum absolute atomic E-state index is 12.7. The Hall–Kier alpha value is -1.10. The predicted molar refractivity (Wildman–Crippen MR) is 45.3 cm³/mol. The van der Waals surface area contributed by atoms with E-state index in [1.807, 2.05) is 0 Å². The topological polar surface area (TPSA) is 24.4 Å². The van der Waals surface area contributed by atoms with Gasteiger partial charge in [0.15, 0.2) is 11.3 Å². The third kappa shape index (κ3) is 1.06. The molecule has 12 heavy (non-hydrogen) atoms. The van der Waals surface area contributed by atoms with Gasteiger partial charge < -0.3 is 5.32 Å². The number of thiocarbonyl (C=S) groups is 1. The van der Waals surface area contributed by atoms with Gasteiger partial charge in [-0.2, -0.15) is 0 Å². The van der Waals surface area contributed by atoms with Gasteiger partial charge in [0.2, 0.25) is 0 Å². The first kappa shape index (κ1) is 7.54. The highest BCUT2D eigenvalue weighted by Crippen LogP contribution is 2.21. The molecule has 0 spiro atoms. The third-order valence-electron chi connectivity index (χ3n) is 1.59. The smallest absolute Gasteiger partial charge is 0.197 e. The van der Waals surface area contributed by atoms with Crippen LogP contribution in [0.1, 0.15) is 0 Å². The van der Waals surface area contributed by atoms with Crippen molar-refractivity contribution in [2.45, 2.75) is 6.17 Å². The van der Waals surface area contributed by atoms with Crippen LogP contribution in [0.25, 0.3) is 0 Å². The lowest BCUT2D eigenvalue weighted by atomic mass is 10.1. The van der Waals surface area contributed by atoms with Crippen LogP contribution in [0.2, 0.25) is 0 Å². The Morgan fingerprint density at radius 3 is 3.08 bits per heavy atom. The molecule has 1 heterocycles. The van der Waals surface area contributed by atoms with Gasteiger partial charge in [-0.25, -0.2) is 13.8 Å². The SMILES string of the molecule is FC1=CC2=NC(=S)NC2=CC1F. The predicted octanol–water partition coefficient (Wildman–Crippen LogP) is 1.40. The van der Waals surface area contributed by atoms with Crippen LogP contribution in [-0.2, 0) is 0 Å². The molecule has 0 bridgehead atoms. The zero-order valence-electron chi connectivity index (χ0n) is 5.84. The Kier molecular flexibility index (Phi) is 1.54. The summed E-state index contributed by atoms with van der Waals surface area (Å²) < 4.78 is 25.3. The number of fused-ring (bicyclic) bond motifs is 1. The van der Waals surface area contributed by atoms with Gasteiger partial charge in [0.1, 0.15) is 5.83 Å². The molecule has 5 heteroatoms. The molecule has 2 rings (SSSR count). The van der Waals surface area contributed by atoms with E-state index in [0.29, 0.717) is 11.4 Å². The highest BCUT2D eigenvalue weighted by atomic mass is 32.1. The van der Waals surface area contributed by atoms with E-state index in [1.165, 1.54) is 0 Å². The van der Waals surface area contributed by atoms with E-state index < -0.39 is 12.0 Å². The lowest BCUT2D eigenvalue weighted by molar-refractivity contribution is 0.380. The van der Waals surface area contributed by atoms with E-state index in [0.717, 1.165) is 12.2 Å². The summed E-state index contributed by atoms with van der Waals surface area (Å²) in [5.41, 5.74) is 0.820. The monoisotopic (exact) mass is 186 g/mol. The molecule has 1 aliphatic heterocycles. The molecule has 62 valence electrons. The molecule has 0 saturated heterocycles. The second kappa shape index (κ2) is 2.45. The quantitative estimate of drug-likeness (QED) is 0.578. The van der Waals surface area contributed by atoms with E-state index in [1.54, 1.807) is 0 Å². The van der Waals surface area contributed by atoms with E-state index in [-0.39, 0.29) is 5.11 Å². The Morgan fingerprint density at radius 1 is 1.58 bits per heavy atom. The molecule has 0 fully saturated rings. The van der Waals surface area contributed by atoms with Crippen molar-refractivity contribution in [1.82, 2.24) is 5.32 Å². The number of aliphatic imine (C=N–C) groups is 1. The van der Waals surface area contributed by atoms with Crippen molar-refractivity contribution in [3.8, 4) is 0 Å². The van der Waals surface area contributed by atoms with Gasteiger partial charge >= 0.3 is 0 Å². The number of nitrogens with zero attached hydrogens (tertiary/aromatic N) is 1. The molecule has 2 nitrogen and oxygen atoms in total. The second-order valence-electron chi connectivity index (χ2n) is 2.44. The Morgan fingerprint density at radius 2 is 2.33 bits per heavy atom. The molecular weight excluding hydrogens is 182 g/mol. The van der Waals surface area contributed by atoms with Crippen LogP contribution in [0.3, 0.4) is 0 Å². The van der Waals surface area contributed by atoms with Crippen molar-refractivity contribution < 1.29 is 8.78 Å². The third-order valence-corrected chi connectivity index (χ3v) is 1.78. The fourth-order valence-electron chi connectivity index (χ4n) is 1.05. The summed E-state index contributed by atoms with van der Waals surface area (Å²) in [6, 6.07) is 0. The largest absolute Gasteiger partial charge is 0.329 e. The molecule has 0 aromatic carbocycles. The number of nitrogens with one attached hydrogen (secondary N) is 1. The van der Waals surface area contributed by atoms with Gasteiger partial charge in [-0.3, -0.25) is 0 Å². The highest BCUT2D eigenvalue weighted by molar-refractivity contribution is 7.80. The van der Waals surface area contributed by atoms with Crippen LogP contribution < -0.4 is 5.32 Å². The Labute approximate surface area is 72.7 Å². The summed E-state index contributed by atoms with van der Waals surface area (Å²) in [7, 11) is 0. The van der Waals surface area contributed by atoms with Gasteiger partial charge in [-0.15, -0.1) is 0 Å². The van der Waals surface area contributed by atoms with E-state index in [9.17, 15) is 8.78 Å². The molecule has 1 unspecified atom stereocenters. The maximum atomic E-state index is 12.7. The highest BCUT2D eigenvalue weighted by Gasteiger charge is 2.24. The normalized spacial score (nSPS) is 27.0. The van der Waals surface area contributed by atoms with Gasteiger partial charge in [-0.05, 0) is 18.3 Å². The van der Waals surface area contributed by atoms with E-state index in [2.05, 4.69) is 10.3 Å². The van der Waals surface area contributed by atoms with Crippen LogP contribution in [-0.4, -0.2) is 17.0 Å². The van der Waals surface area contributed by atoms with Gasteiger partial charge in [0.05, 0.1) is 11.4 Å². The zero-order chi connectivity index (χ0) is 8.72. The zero-order valence-corrected chi connectivity index (χ0v) is 6.66. The summed E-state index contributed by atoms with van der Waals surface area (Å²) in [6.45, 7) is 0. The molecule has 0 saturated carbocycles. The fraction of sp³-hybridized carbons (Fsp3) is 0.143. The maximum Gasteiger partial charge on any atom is 0.197 e. The first-order valence-electron chi connectivity index (χ1n) is 3.30. The number of alkyl halides is 1. The van der Waals surface area contributed by atoms with Crippen LogP contribution in [0, 0.1) is 0 Å². The summed E-state index contributed by atoms with van der Waals surface area (Å²) >= 11 is 4.70. The molecule has 0 radical (unpaired) electrons. The standard InChI is InChI=1S/C7H4F2N2S/c8-3-1-5-6(2-4(3)9)11-7(12)10-5/h1-3H,(H,10,12). The number of halogens is 2. The number of hydrogen-bond acceptors (Lipinski definition) is 1. The van der Waals surface area contributed by atoms with Crippen molar-refractivity contribution in [3.05, 3.63) is 23.7 Å². The van der Waals surface area contributed by atoms with Gasteiger partial charge in [0.25, 0.3) is 0 Å². The molecular formula is C7H4F2N2S. The second-order valence-corrected chi connectivity index (χ2v) is 2.83. The molecule has 2 aliphatic rings. The Balaban J connectivity index is 2.43. The van der Waals surface area contributed by atoms with Crippen LogP contribution in [0.5, 0.6) is 0 Å². The summed E-state index contributed by atoms with van der Waals surface area (Å²) in [5.74, 6) is -0.830. The van der Waals surface area contributed by atoms with Crippen molar-refractivity contribution in [1.29, 1.82) is 0 Å². The molecule has 1 atom stereocenters. The lowest BCUT2D eigenvalue weighted by Crippen LogP contribution is -2.19. The van der Waals surface area contributed by atoms with Crippen LogP contribution in [0.15, 0.2) is 28.7 Å². The minimum absolute atomic E-state index is 0.245.